The molecule has 1 unspecified atom stereocenters. The normalized spacial score (nSPS) is 11.7. The van der Waals surface area contributed by atoms with Crippen LogP contribution in [0, 0.1) is 12.3 Å². The lowest BCUT2D eigenvalue weighted by molar-refractivity contribution is 0.339. The highest BCUT2D eigenvalue weighted by Crippen LogP contribution is 2.37. The van der Waals surface area contributed by atoms with Gasteiger partial charge < -0.3 is 14.6 Å². The number of benzene rings is 1. The molecule has 0 radical (unpaired) electrons. The van der Waals surface area contributed by atoms with Gasteiger partial charge in [0, 0.05) is 6.54 Å². The molecule has 19 heavy (non-hydrogen) atoms. The van der Waals surface area contributed by atoms with Gasteiger partial charge in [-0.1, -0.05) is 19.3 Å². The topological polar surface area (TPSA) is 50.7 Å². The molecule has 104 valence electrons. The lowest BCUT2D eigenvalue weighted by atomic mass is 10.1. The van der Waals surface area contributed by atoms with Crippen molar-refractivity contribution < 1.29 is 14.6 Å². The average Bonchev–Trinajstić information content (AvgIpc) is 2.44. The summed E-state index contributed by atoms with van der Waals surface area (Å²) >= 11 is 0. The molecule has 0 aromatic heterocycles. The zero-order valence-electron chi connectivity index (χ0n) is 11.7. The summed E-state index contributed by atoms with van der Waals surface area (Å²) in [6.07, 6.45) is 7.42. The smallest absolute Gasteiger partial charge is 0.200 e. The molecule has 4 nitrogen and oxygen atoms in total. The summed E-state index contributed by atoms with van der Waals surface area (Å²) < 4.78 is 10.2. The van der Waals surface area contributed by atoms with Crippen molar-refractivity contribution in [2.24, 2.45) is 0 Å². The van der Waals surface area contributed by atoms with Crippen LogP contribution in [0.1, 0.15) is 25.3 Å². The number of rotatable bonds is 7. The molecule has 2 N–H and O–H groups in total. The number of phenols is 1. The van der Waals surface area contributed by atoms with E-state index in [1.807, 2.05) is 0 Å². The van der Waals surface area contributed by atoms with Crippen LogP contribution in [-0.4, -0.2) is 25.4 Å². The lowest BCUT2D eigenvalue weighted by Crippen LogP contribution is -2.26. The van der Waals surface area contributed by atoms with Crippen LogP contribution in [0.4, 0.5) is 0 Å². The Morgan fingerprint density at radius 2 is 1.89 bits per heavy atom. The van der Waals surface area contributed by atoms with Crippen LogP contribution < -0.4 is 14.8 Å². The Labute approximate surface area is 114 Å². The van der Waals surface area contributed by atoms with Crippen LogP contribution in [0.25, 0.3) is 0 Å². The molecule has 1 rings (SSSR count). The first-order chi connectivity index (χ1) is 9.15. The maximum absolute atomic E-state index is 9.82. The molecule has 1 aromatic rings. The highest BCUT2D eigenvalue weighted by atomic mass is 16.5. The number of methoxy groups -OCH3 is 2. The van der Waals surface area contributed by atoms with E-state index in [9.17, 15) is 5.11 Å². The Morgan fingerprint density at radius 3 is 2.32 bits per heavy atom. The molecule has 1 aromatic carbocycles. The first-order valence-corrected chi connectivity index (χ1v) is 6.29. The number of hydrogen-bond acceptors (Lipinski definition) is 4. The average molecular weight is 263 g/mol. The maximum atomic E-state index is 9.82. The van der Waals surface area contributed by atoms with Crippen molar-refractivity contribution in [3.05, 3.63) is 17.7 Å². The van der Waals surface area contributed by atoms with Crippen LogP contribution in [0.5, 0.6) is 17.2 Å². The van der Waals surface area contributed by atoms with Crippen LogP contribution in [0.15, 0.2) is 12.1 Å². The van der Waals surface area contributed by atoms with E-state index >= 15 is 0 Å². The van der Waals surface area contributed by atoms with Gasteiger partial charge in [-0.25, -0.2) is 0 Å². The maximum Gasteiger partial charge on any atom is 0.200 e. The molecular weight excluding hydrogens is 242 g/mol. The summed E-state index contributed by atoms with van der Waals surface area (Å²) in [6.45, 7) is 2.69. The van der Waals surface area contributed by atoms with Crippen LogP contribution in [0.3, 0.4) is 0 Å². The standard InChI is InChI=1S/C15H21NO3/c1-5-7-12(6-2)16-10-11-8-13(18-3)15(17)14(9-11)19-4/h2,8-9,12,16-17H,5,7,10H2,1,3-4H3. The van der Waals surface area contributed by atoms with E-state index in [0.29, 0.717) is 18.0 Å². The van der Waals surface area contributed by atoms with Gasteiger partial charge in [0.15, 0.2) is 11.5 Å². The van der Waals surface area contributed by atoms with Crippen LogP contribution >= 0.6 is 0 Å². The Kier molecular flexibility index (Phi) is 6.04. The molecule has 1 atom stereocenters. The Morgan fingerprint density at radius 1 is 1.32 bits per heavy atom. The molecule has 0 saturated heterocycles. The second-order valence-corrected chi connectivity index (χ2v) is 4.24. The molecule has 0 aliphatic heterocycles. The molecule has 0 amide bonds. The summed E-state index contributed by atoms with van der Waals surface area (Å²) in [5.41, 5.74) is 0.947. The summed E-state index contributed by atoms with van der Waals surface area (Å²) in [7, 11) is 3.01. The highest BCUT2D eigenvalue weighted by molar-refractivity contribution is 5.52. The molecular formula is C15H21NO3. The number of phenolic OH excluding ortho intramolecular Hbond substituents is 1. The van der Waals surface area contributed by atoms with Crippen LogP contribution in [-0.2, 0) is 6.54 Å². The van der Waals surface area contributed by atoms with Gasteiger partial charge in [0.05, 0.1) is 20.3 Å². The molecule has 4 heteroatoms. The summed E-state index contributed by atoms with van der Waals surface area (Å²) in [5, 5.41) is 13.1. The van der Waals surface area contributed by atoms with Gasteiger partial charge >= 0.3 is 0 Å². The zero-order valence-corrected chi connectivity index (χ0v) is 11.7. The van der Waals surface area contributed by atoms with Gasteiger partial charge in [0.2, 0.25) is 5.75 Å². The lowest BCUT2D eigenvalue weighted by Gasteiger charge is -2.14. The number of aromatic hydroxyl groups is 1. The van der Waals surface area contributed by atoms with Crippen molar-refractivity contribution in [1.29, 1.82) is 0 Å². The number of terminal acetylenes is 1. The SMILES string of the molecule is C#CC(CCC)NCc1cc(OC)c(O)c(OC)c1. The minimum atomic E-state index is 0.0100. The molecule has 0 spiro atoms. The highest BCUT2D eigenvalue weighted by Gasteiger charge is 2.11. The molecule has 0 saturated carbocycles. The molecule has 0 heterocycles. The van der Waals surface area contributed by atoms with Gasteiger partial charge in [-0.2, -0.15) is 0 Å². The van der Waals surface area contributed by atoms with Gasteiger partial charge in [0.1, 0.15) is 0 Å². The Bertz CT molecular complexity index is 426. The van der Waals surface area contributed by atoms with Crippen molar-refractivity contribution in [3.8, 4) is 29.6 Å². The molecule has 0 aliphatic carbocycles. The van der Waals surface area contributed by atoms with Crippen molar-refractivity contribution in [1.82, 2.24) is 5.32 Å². The largest absolute Gasteiger partial charge is 0.502 e. The van der Waals surface area contributed by atoms with E-state index in [1.165, 1.54) is 14.2 Å². The predicted molar refractivity (Wildman–Crippen MR) is 75.6 cm³/mol. The van der Waals surface area contributed by atoms with Crippen molar-refractivity contribution >= 4 is 0 Å². The Balaban J connectivity index is 2.81. The van der Waals surface area contributed by atoms with E-state index < -0.39 is 0 Å². The second-order valence-electron chi connectivity index (χ2n) is 4.24. The summed E-state index contributed by atoms with van der Waals surface area (Å²) in [4.78, 5) is 0. The second kappa shape index (κ2) is 7.55. The third kappa shape index (κ3) is 4.08. The zero-order chi connectivity index (χ0) is 14.3. The molecule has 0 bridgehead atoms. The van der Waals surface area contributed by atoms with Gasteiger partial charge in [-0.3, -0.25) is 5.32 Å². The van der Waals surface area contributed by atoms with Gasteiger partial charge in [0.25, 0.3) is 0 Å². The van der Waals surface area contributed by atoms with Gasteiger partial charge in [-0.15, -0.1) is 6.42 Å². The predicted octanol–water partition coefficient (Wildman–Crippen LogP) is 2.30. The van der Waals surface area contributed by atoms with E-state index in [2.05, 4.69) is 18.2 Å². The molecule has 0 fully saturated rings. The quantitative estimate of drug-likeness (QED) is 0.741. The van der Waals surface area contributed by atoms with E-state index in [4.69, 9.17) is 15.9 Å². The van der Waals surface area contributed by atoms with Crippen LogP contribution in [0.2, 0.25) is 0 Å². The minimum Gasteiger partial charge on any atom is -0.502 e. The fraction of sp³-hybridized carbons (Fsp3) is 0.467. The number of ether oxygens (including phenoxy) is 2. The first kappa shape index (κ1) is 15.2. The minimum absolute atomic E-state index is 0.0100. The number of nitrogens with one attached hydrogen (secondary N) is 1. The van der Waals surface area contributed by atoms with E-state index in [-0.39, 0.29) is 11.8 Å². The molecule has 0 aliphatic rings. The van der Waals surface area contributed by atoms with E-state index in [0.717, 1.165) is 18.4 Å². The van der Waals surface area contributed by atoms with Crippen molar-refractivity contribution in [3.63, 3.8) is 0 Å². The fourth-order valence-electron chi connectivity index (χ4n) is 1.82. The summed E-state index contributed by atoms with van der Waals surface area (Å²) in [5.74, 6) is 3.51. The fourth-order valence-corrected chi connectivity index (χ4v) is 1.82. The monoisotopic (exact) mass is 263 g/mol. The summed E-state index contributed by atoms with van der Waals surface area (Å²) in [6, 6.07) is 3.59. The number of hydrogen-bond donors (Lipinski definition) is 2. The van der Waals surface area contributed by atoms with Crippen molar-refractivity contribution in [2.75, 3.05) is 14.2 Å². The third-order valence-corrected chi connectivity index (χ3v) is 2.87. The third-order valence-electron chi connectivity index (χ3n) is 2.87. The van der Waals surface area contributed by atoms with E-state index in [1.54, 1.807) is 12.1 Å². The first-order valence-electron chi connectivity index (χ1n) is 6.29. The van der Waals surface area contributed by atoms with Gasteiger partial charge in [-0.05, 0) is 24.1 Å². The van der Waals surface area contributed by atoms with Crippen molar-refractivity contribution in [2.45, 2.75) is 32.4 Å². The Hall–Kier alpha value is -1.86.